The van der Waals surface area contributed by atoms with Gasteiger partial charge in [-0.1, -0.05) is 65.5 Å². The molecular formula is C33H31Cl2N5O2. The molecule has 7 nitrogen and oxygen atoms in total. The molecule has 0 saturated heterocycles. The Bertz CT molecular complexity index is 1670. The topological polar surface area (TPSA) is 86.4 Å². The van der Waals surface area contributed by atoms with Gasteiger partial charge in [-0.15, -0.1) is 0 Å². The molecule has 2 amide bonds. The molecule has 5 rings (SSSR count). The normalized spacial score (nSPS) is 16.2. The molecule has 42 heavy (non-hydrogen) atoms. The summed E-state index contributed by atoms with van der Waals surface area (Å²) in [7, 11) is 4.06. The summed E-state index contributed by atoms with van der Waals surface area (Å²) in [4.78, 5) is 32.8. The molecule has 0 unspecified atom stereocenters. The number of hydrogen-bond donors (Lipinski definition) is 3. The maximum atomic E-state index is 13.4. The summed E-state index contributed by atoms with van der Waals surface area (Å²) in [5.74, 6) is 5.26. The lowest BCUT2D eigenvalue weighted by atomic mass is 9.91. The monoisotopic (exact) mass is 599 g/mol. The highest BCUT2D eigenvalue weighted by atomic mass is 35.5. The molecule has 0 spiro atoms. The lowest BCUT2D eigenvalue weighted by Crippen LogP contribution is -2.40. The predicted octanol–water partition coefficient (Wildman–Crippen LogP) is 6.75. The van der Waals surface area contributed by atoms with E-state index in [2.05, 4.69) is 44.8 Å². The number of halogens is 2. The predicted molar refractivity (Wildman–Crippen MR) is 172 cm³/mol. The molecule has 1 aliphatic rings. The van der Waals surface area contributed by atoms with Gasteiger partial charge in [0, 0.05) is 59.8 Å². The number of anilines is 3. The number of amides is 2. The van der Waals surface area contributed by atoms with E-state index >= 15 is 0 Å². The van der Waals surface area contributed by atoms with Gasteiger partial charge in [0.2, 0.25) is 0 Å². The van der Waals surface area contributed by atoms with Crippen molar-refractivity contribution in [3.05, 3.63) is 94.0 Å². The summed E-state index contributed by atoms with van der Waals surface area (Å²) in [6.07, 6.45) is 3.31. The van der Waals surface area contributed by atoms with Crippen molar-refractivity contribution < 1.29 is 9.59 Å². The Balaban J connectivity index is 1.22. The molecule has 1 aromatic heterocycles. The lowest BCUT2D eigenvalue weighted by molar-refractivity contribution is -0.111. The number of carbonyl (C=O) groups excluding carboxylic acids is 2. The number of rotatable bonds is 6. The summed E-state index contributed by atoms with van der Waals surface area (Å²) >= 11 is 12.6. The number of nitrogens with zero attached hydrogens (tertiary/aromatic N) is 2. The average Bonchev–Trinajstić information content (AvgIpc) is 2.98. The standard InChI is InChI=1S/C33H31Cl2N5O2/c1-40(2)29-20-30(38-28-11-7-6-10-25(28)29)36-23-13-15-24(16-14-23)37-33(42)26-18-22(34)19-27(35)32(26)39-31(41)17-12-21-8-4-3-5-9-21/h3-11,18-20,23-24H,13-16H2,1-2H3,(H,36,38)(H,37,42)(H,39,41)/t23-,24+. The summed E-state index contributed by atoms with van der Waals surface area (Å²) in [5.41, 5.74) is 3.13. The van der Waals surface area contributed by atoms with Gasteiger partial charge in [-0.3, -0.25) is 9.59 Å². The van der Waals surface area contributed by atoms with Crippen LogP contribution in [0, 0.1) is 11.8 Å². The third kappa shape index (κ3) is 7.14. The van der Waals surface area contributed by atoms with Crippen LogP contribution in [0.2, 0.25) is 10.0 Å². The van der Waals surface area contributed by atoms with Crippen molar-refractivity contribution in [1.82, 2.24) is 10.3 Å². The van der Waals surface area contributed by atoms with Gasteiger partial charge in [0.25, 0.3) is 5.91 Å². The SMILES string of the molecule is CN(C)c1cc(N[C@H]2CC[C@@H](NC(=O)c3cc(Cl)cc(Cl)c3NC(=O)C#Cc3ccccc3)CC2)nc2ccccc12. The van der Waals surface area contributed by atoms with Crippen LogP contribution in [0.15, 0.2) is 72.8 Å². The van der Waals surface area contributed by atoms with Gasteiger partial charge in [-0.2, -0.15) is 0 Å². The van der Waals surface area contributed by atoms with Crippen molar-refractivity contribution in [2.24, 2.45) is 0 Å². The highest BCUT2D eigenvalue weighted by molar-refractivity contribution is 6.38. The van der Waals surface area contributed by atoms with Crippen LogP contribution in [0.5, 0.6) is 0 Å². The fourth-order valence-corrected chi connectivity index (χ4v) is 5.67. The number of fused-ring (bicyclic) bond motifs is 1. The molecule has 1 heterocycles. The molecule has 0 aliphatic heterocycles. The first-order chi connectivity index (χ1) is 20.3. The van der Waals surface area contributed by atoms with Crippen molar-refractivity contribution in [2.75, 3.05) is 29.6 Å². The van der Waals surface area contributed by atoms with Gasteiger partial charge in [-0.25, -0.2) is 4.98 Å². The second kappa shape index (κ2) is 13.2. The molecule has 1 fully saturated rings. The third-order valence-electron chi connectivity index (χ3n) is 7.22. The first-order valence-electron chi connectivity index (χ1n) is 13.8. The molecular weight excluding hydrogens is 569 g/mol. The van der Waals surface area contributed by atoms with E-state index in [4.69, 9.17) is 28.2 Å². The minimum Gasteiger partial charge on any atom is -0.377 e. The van der Waals surface area contributed by atoms with Crippen LogP contribution >= 0.6 is 23.2 Å². The van der Waals surface area contributed by atoms with E-state index in [-0.39, 0.29) is 34.3 Å². The zero-order valence-corrected chi connectivity index (χ0v) is 24.9. The first kappa shape index (κ1) is 29.2. The molecule has 0 radical (unpaired) electrons. The van der Waals surface area contributed by atoms with Crippen molar-refractivity contribution in [1.29, 1.82) is 0 Å². The van der Waals surface area contributed by atoms with Gasteiger partial charge in [0.15, 0.2) is 0 Å². The van der Waals surface area contributed by atoms with Crippen LogP contribution in [0.3, 0.4) is 0 Å². The minimum absolute atomic E-state index is 0.0309. The molecule has 214 valence electrons. The Hall–Kier alpha value is -4.25. The number of pyridine rings is 1. The van der Waals surface area contributed by atoms with Crippen LogP contribution < -0.4 is 20.9 Å². The average molecular weight is 601 g/mol. The summed E-state index contributed by atoms with van der Waals surface area (Å²) in [5, 5.41) is 10.9. The molecule has 4 aromatic rings. The van der Waals surface area contributed by atoms with E-state index in [1.54, 1.807) is 12.1 Å². The van der Waals surface area contributed by atoms with Crippen molar-refractivity contribution in [3.63, 3.8) is 0 Å². The molecule has 0 atom stereocenters. The largest absolute Gasteiger partial charge is 0.377 e. The van der Waals surface area contributed by atoms with E-state index in [0.717, 1.165) is 48.1 Å². The molecule has 9 heteroatoms. The minimum atomic E-state index is -0.580. The Morgan fingerprint density at radius 2 is 1.60 bits per heavy atom. The van der Waals surface area contributed by atoms with Gasteiger partial charge in [0.05, 0.1) is 21.8 Å². The number of para-hydroxylation sites is 1. The van der Waals surface area contributed by atoms with E-state index in [0.29, 0.717) is 10.6 Å². The number of aromatic nitrogens is 1. The molecule has 1 saturated carbocycles. The smallest absolute Gasteiger partial charge is 0.300 e. The van der Waals surface area contributed by atoms with Gasteiger partial charge in [0.1, 0.15) is 5.82 Å². The van der Waals surface area contributed by atoms with E-state index in [9.17, 15) is 9.59 Å². The Kier molecular flexibility index (Phi) is 9.16. The summed E-state index contributed by atoms with van der Waals surface area (Å²) < 4.78 is 0. The van der Waals surface area contributed by atoms with Crippen molar-refractivity contribution in [3.8, 4) is 11.8 Å². The van der Waals surface area contributed by atoms with Crippen LogP contribution in [0.1, 0.15) is 41.6 Å². The van der Waals surface area contributed by atoms with Gasteiger partial charge >= 0.3 is 5.91 Å². The number of nitrogens with one attached hydrogen (secondary N) is 3. The van der Waals surface area contributed by atoms with E-state index in [1.165, 1.54) is 12.1 Å². The second-order valence-electron chi connectivity index (χ2n) is 10.5. The van der Waals surface area contributed by atoms with Crippen LogP contribution in [0.4, 0.5) is 17.2 Å². The van der Waals surface area contributed by atoms with Crippen LogP contribution in [-0.4, -0.2) is 43.0 Å². The molecule has 3 aromatic carbocycles. The maximum absolute atomic E-state index is 13.4. The number of carbonyl (C=O) groups is 2. The summed E-state index contributed by atoms with van der Waals surface area (Å²) in [6.45, 7) is 0. The van der Waals surface area contributed by atoms with Crippen LogP contribution in [-0.2, 0) is 4.79 Å². The maximum Gasteiger partial charge on any atom is 0.300 e. The highest BCUT2D eigenvalue weighted by Crippen LogP contribution is 2.32. The fourth-order valence-electron chi connectivity index (χ4n) is 5.13. The van der Waals surface area contributed by atoms with Crippen molar-refractivity contribution in [2.45, 2.75) is 37.8 Å². The van der Waals surface area contributed by atoms with Crippen molar-refractivity contribution >= 4 is 63.1 Å². The molecule has 0 bridgehead atoms. The number of benzene rings is 3. The third-order valence-corrected chi connectivity index (χ3v) is 7.74. The van der Waals surface area contributed by atoms with Crippen LogP contribution in [0.25, 0.3) is 10.9 Å². The first-order valence-corrected chi connectivity index (χ1v) is 14.5. The lowest BCUT2D eigenvalue weighted by Gasteiger charge is -2.30. The van der Waals surface area contributed by atoms with E-state index < -0.39 is 5.91 Å². The molecule has 1 aliphatic carbocycles. The zero-order chi connectivity index (χ0) is 29.6. The highest BCUT2D eigenvalue weighted by Gasteiger charge is 2.25. The Morgan fingerprint density at radius 1 is 0.905 bits per heavy atom. The Labute approximate surface area is 255 Å². The Morgan fingerprint density at radius 3 is 2.33 bits per heavy atom. The summed E-state index contributed by atoms with van der Waals surface area (Å²) in [6, 6.07) is 22.6. The molecule has 3 N–H and O–H groups in total. The zero-order valence-electron chi connectivity index (χ0n) is 23.4. The quantitative estimate of drug-likeness (QED) is 0.213. The van der Waals surface area contributed by atoms with Gasteiger partial charge in [-0.05, 0) is 56.0 Å². The number of hydrogen-bond acceptors (Lipinski definition) is 5. The van der Waals surface area contributed by atoms with Gasteiger partial charge < -0.3 is 20.9 Å². The second-order valence-corrected chi connectivity index (χ2v) is 11.3. The fraction of sp³-hybridized carbons (Fsp3) is 0.242. The van der Waals surface area contributed by atoms with E-state index in [1.807, 2.05) is 50.5 Å².